The van der Waals surface area contributed by atoms with Crippen molar-refractivity contribution in [1.29, 1.82) is 0 Å². The summed E-state index contributed by atoms with van der Waals surface area (Å²) in [5, 5.41) is 1.80. The highest BCUT2D eigenvalue weighted by atomic mass is 32.2. The van der Waals surface area contributed by atoms with Crippen LogP contribution in [-0.4, -0.2) is 40.8 Å². The Morgan fingerprint density at radius 1 is 1.07 bits per heavy atom. The number of nitrogens with zero attached hydrogens (tertiary/aromatic N) is 1. The molecule has 1 fully saturated rings. The van der Waals surface area contributed by atoms with Crippen molar-refractivity contribution in [3.05, 3.63) is 66.7 Å². The number of anilines is 1. The highest BCUT2D eigenvalue weighted by molar-refractivity contribution is 7.89. The number of rotatable bonds is 6. The van der Waals surface area contributed by atoms with E-state index in [-0.39, 0.29) is 18.0 Å². The highest BCUT2D eigenvalue weighted by Gasteiger charge is 2.33. The van der Waals surface area contributed by atoms with Crippen molar-refractivity contribution in [2.24, 2.45) is 0 Å². The molecule has 1 unspecified atom stereocenters. The number of sulfonamides is 1. The number of amides is 1. The molecule has 0 radical (unpaired) electrons. The van der Waals surface area contributed by atoms with Crippen LogP contribution in [0.1, 0.15) is 0 Å². The van der Waals surface area contributed by atoms with Crippen LogP contribution in [0.25, 0.3) is 10.8 Å². The SMILES string of the molecule is COc1cccc(N2CC(CNS(=O)(=O)c3ccc4ccccc4c3)OC2=O)c1. The summed E-state index contributed by atoms with van der Waals surface area (Å²) in [6, 6.07) is 19.5. The van der Waals surface area contributed by atoms with E-state index in [1.165, 1.54) is 4.90 Å². The zero-order valence-corrected chi connectivity index (χ0v) is 16.6. The Morgan fingerprint density at radius 3 is 2.66 bits per heavy atom. The molecular formula is C21H20N2O5S. The zero-order valence-electron chi connectivity index (χ0n) is 15.7. The first-order valence-corrected chi connectivity index (χ1v) is 10.6. The monoisotopic (exact) mass is 412 g/mol. The third-order valence-electron chi connectivity index (χ3n) is 4.77. The molecule has 29 heavy (non-hydrogen) atoms. The number of cyclic esters (lactones) is 1. The first-order valence-electron chi connectivity index (χ1n) is 9.07. The second-order valence-corrected chi connectivity index (χ2v) is 8.45. The Labute approximate surface area is 168 Å². The summed E-state index contributed by atoms with van der Waals surface area (Å²) in [4.78, 5) is 13.8. The van der Waals surface area contributed by atoms with Gasteiger partial charge in [-0.3, -0.25) is 4.90 Å². The number of nitrogens with one attached hydrogen (secondary N) is 1. The van der Waals surface area contributed by atoms with Crippen LogP contribution in [0.4, 0.5) is 10.5 Å². The molecule has 1 N–H and O–H groups in total. The van der Waals surface area contributed by atoms with Gasteiger partial charge < -0.3 is 9.47 Å². The molecule has 4 rings (SSSR count). The van der Waals surface area contributed by atoms with Gasteiger partial charge in [0.2, 0.25) is 10.0 Å². The minimum absolute atomic E-state index is 0.0125. The van der Waals surface area contributed by atoms with Gasteiger partial charge in [0.15, 0.2) is 0 Å². The second kappa shape index (κ2) is 7.73. The molecule has 3 aromatic rings. The molecule has 150 valence electrons. The average molecular weight is 412 g/mol. The summed E-state index contributed by atoms with van der Waals surface area (Å²) in [6.07, 6.45) is -1.11. The van der Waals surface area contributed by atoms with E-state index in [0.29, 0.717) is 11.4 Å². The summed E-state index contributed by atoms with van der Waals surface area (Å²) >= 11 is 0. The maximum Gasteiger partial charge on any atom is 0.414 e. The number of ether oxygens (including phenoxy) is 2. The fourth-order valence-electron chi connectivity index (χ4n) is 3.24. The van der Waals surface area contributed by atoms with Crippen LogP contribution < -0.4 is 14.4 Å². The van der Waals surface area contributed by atoms with Crippen molar-refractivity contribution in [3.63, 3.8) is 0 Å². The Balaban J connectivity index is 1.44. The van der Waals surface area contributed by atoms with Gasteiger partial charge in [-0.15, -0.1) is 0 Å². The number of carbonyl (C=O) groups excluding carboxylic acids is 1. The lowest BCUT2D eigenvalue weighted by atomic mass is 10.1. The van der Waals surface area contributed by atoms with E-state index in [9.17, 15) is 13.2 Å². The highest BCUT2D eigenvalue weighted by Crippen LogP contribution is 2.25. The summed E-state index contributed by atoms with van der Waals surface area (Å²) in [5.41, 5.74) is 0.634. The van der Waals surface area contributed by atoms with Gasteiger partial charge in [-0.25, -0.2) is 17.9 Å². The van der Waals surface area contributed by atoms with Crippen molar-refractivity contribution < 1.29 is 22.7 Å². The Kier molecular flexibility index (Phi) is 5.12. The second-order valence-electron chi connectivity index (χ2n) is 6.68. The van der Waals surface area contributed by atoms with E-state index in [4.69, 9.17) is 9.47 Å². The van der Waals surface area contributed by atoms with E-state index in [1.54, 1.807) is 49.6 Å². The number of fused-ring (bicyclic) bond motifs is 1. The zero-order chi connectivity index (χ0) is 20.4. The van der Waals surface area contributed by atoms with Gasteiger partial charge in [0, 0.05) is 12.6 Å². The number of methoxy groups -OCH3 is 1. The van der Waals surface area contributed by atoms with E-state index in [1.807, 2.05) is 24.3 Å². The molecule has 7 nitrogen and oxygen atoms in total. The van der Waals surface area contributed by atoms with Crippen LogP contribution in [0.5, 0.6) is 5.75 Å². The lowest BCUT2D eigenvalue weighted by Gasteiger charge is -2.14. The summed E-state index contributed by atoms with van der Waals surface area (Å²) in [7, 11) is -2.18. The van der Waals surface area contributed by atoms with Crippen molar-refractivity contribution in [2.75, 3.05) is 25.1 Å². The molecule has 1 atom stereocenters. The quantitative estimate of drug-likeness (QED) is 0.672. The van der Waals surface area contributed by atoms with Gasteiger partial charge in [-0.05, 0) is 35.0 Å². The standard InChI is InChI=1S/C21H20N2O5S/c1-27-18-8-4-7-17(12-18)23-14-19(28-21(23)24)13-22-29(25,26)20-10-9-15-5-2-3-6-16(15)11-20/h2-12,19,22H,13-14H2,1H3. The summed E-state index contributed by atoms with van der Waals surface area (Å²) < 4.78 is 38.4. The summed E-state index contributed by atoms with van der Waals surface area (Å²) in [5.74, 6) is 0.621. The first-order chi connectivity index (χ1) is 14.0. The van der Waals surface area contributed by atoms with Crippen LogP contribution in [0, 0.1) is 0 Å². The largest absolute Gasteiger partial charge is 0.497 e. The molecule has 1 aliphatic rings. The fraction of sp³-hybridized carbons (Fsp3) is 0.190. The molecule has 0 spiro atoms. The van der Waals surface area contributed by atoms with Crippen molar-refractivity contribution in [1.82, 2.24) is 4.72 Å². The molecule has 3 aromatic carbocycles. The van der Waals surface area contributed by atoms with E-state index in [2.05, 4.69) is 4.72 Å². The van der Waals surface area contributed by atoms with Gasteiger partial charge in [-0.1, -0.05) is 36.4 Å². The van der Waals surface area contributed by atoms with E-state index >= 15 is 0 Å². The first kappa shape index (κ1) is 19.2. The Morgan fingerprint density at radius 2 is 1.86 bits per heavy atom. The predicted molar refractivity (Wildman–Crippen MR) is 110 cm³/mol. The predicted octanol–water partition coefficient (Wildman–Crippen LogP) is 3.15. The van der Waals surface area contributed by atoms with Gasteiger partial charge in [0.25, 0.3) is 0 Å². The lowest BCUT2D eigenvalue weighted by molar-refractivity contribution is 0.143. The molecule has 1 saturated heterocycles. The fourth-order valence-corrected chi connectivity index (χ4v) is 4.34. The third kappa shape index (κ3) is 4.03. The number of benzene rings is 3. The van der Waals surface area contributed by atoms with Crippen LogP contribution in [0.2, 0.25) is 0 Å². The minimum Gasteiger partial charge on any atom is -0.497 e. The van der Waals surface area contributed by atoms with Gasteiger partial charge in [0.05, 0.1) is 24.2 Å². The maximum absolute atomic E-state index is 12.7. The number of hydrogen-bond donors (Lipinski definition) is 1. The molecule has 0 bridgehead atoms. The van der Waals surface area contributed by atoms with Crippen molar-refractivity contribution in [3.8, 4) is 5.75 Å². The third-order valence-corrected chi connectivity index (χ3v) is 6.19. The normalized spacial score (nSPS) is 16.8. The van der Waals surface area contributed by atoms with Crippen molar-refractivity contribution in [2.45, 2.75) is 11.0 Å². The van der Waals surface area contributed by atoms with Crippen LogP contribution in [0.3, 0.4) is 0 Å². The molecule has 0 aromatic heterocycles. The van der Waals surface area contributed by atoms with Gasteiger partial charge >= 0.3 is 6.09 Å². The topological polar surface area (TPSA) is 84.9 Å². The lowest BCUT2D eigenvalue weighted by Crippen LogP contribution is -2.34. The molecule has 0 saturated carbocycles. The maximum atomic E-state index is 12.7. The number of carbonyl (C=O) groups is 1. The minimum atomic E-state index is -3.73. The van der Waals surface area contributed by atoms with Crippen molar-refractivity contribution >= 4 is 32.6 Å². The molecule has 8 heteroatoms. The number of hydrogen-bond acceptors (Lipinski definition) is 5. The van der Waals surface area contributed by atoms with Gasteiger partial charge in [0.1, 0.15) is 11.9 Å². The smallest absolute Gasteiger partial charge is 0.414 e. The van der Waals surface area contributed by atoms with Gasteiger partial charge in [-0.2, -0.15) is 0 Å². The molecule has 1 heterocycles. The molecular weight excluding hydrogens is 392 g/mol. The Bertz CT molecular complexity index is 1160. The Hall–Kier alpha value is -3.10. The molecule has 0 aliphatic carbocycles. The van der Waals surface area contributed by atoms with Crippen LogP contribution in [-0.2, 0) is 14.8 Å². The molecule has 1 amide bonds. The summed E-state index contributed by atoms with van der Waals surface area (Å²) in [6.45, 7) is 0.230. The van der Waals surface area contributed by atoms with E-state index in [0.717, 1.165) is 10.8 Å². The van der Waals surface area contributed by atoms with E-state index < -0.39 is 22.2 Å². The molecule has 1 aliphatic heterocycles. The van der Waals surface area contributed by atoms with Crippen LogP contribution >= 0.6 is 0 Å². The van der Waals surface area contributed by atoms with Crippen LogP contribution in [0.15, 0.2) is 71.6 Å². The average Bonchev–Trinajstić information content (AvgIpc) is 3.12.